The molecule has 0 aromatic heterocycles. The zero-order valence-electron chi connectivity index (χ0n) is 12.8. The first kappa shape index (κ1) is 15.8. The summed E-state index contributed by atoms with van der Waals surface area (Å²) in [7, 11) is 0. The first-order valence-corrected chi connectivity index (χ1v) is 7.33. The molecule has 0 heterocycles. The van der Waals surface area contributed by atoms with Crippen LogP contribution in [0.5, 0.6) is 0 Å². The molecule has 0 spiro atoms. The Morgan fingerprint density at radius 2 is 1.45 bits per heavy atom. The van der Waals surface area contributed by atoms with E-state index < -0.39 is 6.10 Å². The quantitative estimate of drug-likeness (QED) is 0.775. The van der Waals surface area contributed by atoms with Crippen LogP contribution < -0.4 is 0 Å². The molecule has 22 heavy (non-hydrogen) atoms. The van der Waals surface area contributed by atoms with Gasteiger partial charge in [-0.15, -0.1) is 0 Å². The molecular formula is C19H19NO2. The molecule has 0 saturated carbocycles. The van der Waals surface area contributed by atoms with E-state index in [2.05, 4.69) is 6.07 Å². The highest BCUT2D eigenvalue weighted by molar-refractivity contribution is 5.79. The first-order valence-electron chi connectivity index (χ1n) is 7.33. The van der Waals surface area contributed by atoms with Crippen molar-refractivity contribution in [3.8, 4) is 6.07 Å². The minimum Gasteiger partial charge on any atom is -0.441 e. The number of benzene rings is 2. The Hall–Kier alpha value is -2.60. The summed E-state index contributed by atoms with van der Waals surface area (Å²) in [5.74, 6) is -0.651. The number of ether oxygens (including phenoxy) is 1. The van der Waals surface area contributed by atoms with Crippen LogP contribution in [0.1, 0.15) is 37.0 Å². The molecule has 2 atom stereocenters. The zero-order chi connectivity index (χ0) is 15.9. The number of carbonyl (C=O) groups excluding carboxylic acids is 1. The van der Waals surface area contributed by atoms with Crippen LogP contribution in [-0.4, -0.2) is 5.97 Å². The minimum absolute atomic E-state index is 0.0880. The molecule has 112 valence electrons. The van der Waals surface area contributed by atoms with Gasteiger partial charge in [-0.25, -0.2) is 0 Å². The molecule has 0 aliphatic rings. The fourth-order valence-corrected chi connectivity index (χ4v) is 2.44. The zero-order valence-corrected chi connectivity index (χ0v) is 12.8. The van der Waals surface area contributed by atoms with Crippen molar-refractivity contribution >= 4 is 5.97 Å². The molecule has 2 rings (SSSR count). The van der Waals surface area contributed by atoms with E-state index in [9.17, 15) is 10.1 Å². The third kappa shape index (κ3) is 3.73. The standard InChI is InChI=1S/C19H19NO2/c1-14(2)18(16-11-7-4-8-12-16)19(21)22-17(13-20)15-9-5-3-6-10-15/h3-12,14,17-18H,1-2H3/t17-,18+/m0/s1. The lowest BCUT2D eigenvalue weighted by atomic mass is 9.88. The third-order valence-corrected chi connectivity index (χ3v) is 3.53. The SMILES string of the molecule is CC(C)[C@@H](C(=O)O[C@@H](C#N)c1ccccc1)c1ccccc1. The molecule has 2 aromatic carbocycles. The lowest BCUT2D eigenvalue weighted by molar-refractivity contribution is -0.150. The number of rotatable bonds is 5. The predicted octanol–water partition coefficient (Wildman–Crippen LogP) is 4.23. The Morgan fingerprint density at radius 1 is 0.955 bits per heavy atom. The number of hydrogen-bond donors (Lipinski definition) is 0. The molecule has 0 N–H and O–H groups in total. The second-order valence-electron chi connectivity index (χ2n) is 5.49. The minimum atomic E-state index is -0.876. The van der Waals surface area contributed by atoms with Crippen molar-refractivity contribution in [1.29, 1.82) is 5.26 Å². The van der Waals surface area contributed by atoms with Crippen LogP contribution in [0.3, 0.4) is 0 Å². The van der Waals surface area contributed by atoms with Crippen LogP contribution in [-0.2, 0) is 9.53 Å². The van der Waals surface area contributed by atoms with Gasteiger partial charge in [0.05, 0.1) is 5.92 Å². The van der Waals surface area contributed by atoms with Crippen LogP contribution >= 0.6 is 0 Å². The molecule has 2 aromatic rings. The summed E-state index contributed by atoms with van der Waals surface area (Å²) in [5.41, 5.74) is 1.60. The van der Waals surface area contributed by atoms with Crippen LogP contribution in [0.4, 0.5) is 0 Å². The smallest absolute Gasteiger partial charge is 0.315 e. The highest BCUT2D eigenvalue weighted by Crippen LogP contribution is 2.28. The van der Waals surface area contributed by atoms with Crippen LogP contribution in [0.25, 0.3) is 0 Å². The molecule has 3 nitrogen and oxygen atoms in total. The van der Waals surface area contributed by atoms with Crippen molar-refractivity contribution in [2.75, 3.05) is 0 Å². The Bertz CT molecular complexity index is 644. The molecular weight excluding hydrogens is 274 g/mol. The lowest BCUT2D eigenvalue weighted by Crippen LogP contribution is -2.22. The van der Waals surface area contributed by atoms with Gasteiger partial charge in [-0.3, -0.25) is 4.79 Å². The van der Waals surface area contributed by atoms with Gasteiger partial charge in [0.1, 0.15) is 6.07 Å². The summed E-state index contributed by atoms with van der Waals surface area (Å²) in [6.45, 7) is 3.95. The predicted molar refractivity (Wildman–Crippen MR) is 84.9 cm³/mol. The number of hydrogen-bond acceptors (Lipinski definition) is 3. The van der Waals surface area contributed by atoms with Crippen LogP contribution in [0.2, 0.25) is 0 Å². The largest absolute Gasteiger partial charge is 0.441 e. The molecule has 0 bridgehead atoms. The highest BCUT2D eigenvalue weighted by atomic mass is 16.5. The second kappa shape index (κ2) is 7.42. The lowest BCUT2D eigenvalue weighted by Gasteiger charge is -2.21. The average Bonchev–Trinajstić information content (AvgIpc) is 2.54. The molecule has 0 aliphatic heterocycles. The topological polar surface area (TPSA) is 50.1 Å². The monoisotopic (exact) mass is 293 g/mol. The molecule has 3 heteroatoms. The van der Waals surface area contributed by atoms with Gasteiger partial charge >= 0.3 is 5.97 Å². The van der Waals surface area contributed by atoms with E-state index in [1.165, 1.54) is 0 Å². The third-order valence-electron chi connectivity index (χ3n) is 3.53. The van der Waals surface area contributed by atoms with E-state index in [0.29, 0.717) is 5.56 Å². The maximum atomic E-state index is 12.6. The molecule has 0 aliphatic carbocycles. The van der Waals surface area contributed by atoms with Gasteiger partial charge in [0.2, 0.25) is 6.10 Å². The maximum absolute atomic E-state index is 12.6. The summed E-state index contributed by atoms with van der Waals surface area (Å²) in [6, 6.07) is 20.7. The van der Waals surface area contributed by atoms with Crippen LogP contribution in [0.15, 0.2) is 60.7 Å². The highest BCUT2D eigenvalue weighted by Gasteiger charge is 2.28. The summed E-state index contributed by atoms with van der Waals surface area (Å²) in [4.78, 5) is 12.6. The Morgan fingerprint density at radius 3 is 1.91 bits per heavy atom. The van der Waals surface area contributed by atoms with Gasteiger partial charge in [-0.2, -0.15) is 5.26 Å². The van der Waals surface area contributed by atoms with E-state index in [4.69, 9.17) is 4.74 Å². The summed E-state index contributed by atoms with van der Waals surface area (Å²) in [6.07, 6.45) is -0.876. The summed E-state index contributed by atoms with van der Waals surface area (Å²) < 4.78 is 5.46. The van der Waals surface area contributed by atoms with Gasteiger partial charge in [0.15, 0.2) is 0 Å². The van der Waals surface area contributed by atoms with E-state index in [1.54, 1.807) is 12.1 Å². The molecule has 0 radical (unpaired) electrons. The van der Waals surface area contributed by atoms with E-state index in [0.717, 1.165) is 5.56 Å². The van der Waals surface area contributed by atoms with E-state index in [1.807, 2.05) is 62.4 Å². The Labute approximate surface area is 131 Å². The van der Waals surface area contributed by atoms with Crippen LogP contribution in [0, 0.1) is 17.2 Å². The molecule has 0 amide bonds. The Balaban J connectivity index is 2.20. The fourth-order valence-electron chi connectivity index (χ4n) is 2.44. The van der Waals surface area contributed by atoms with Crippen molar-refractivity contribution in [2.24, 2.45) is 5.92 Å². The Kier molecular flexibility index (Phi) is 5.32. The first-order chi connectivity index (χ1) is 10.6. The van der Waals surface area contributed by atoms with Crippen molar-refractivity contribution in [3.05, 3.63) is 71.8 Å². The van der Waals surface area contributed by atoms with E-state index >= 15 is 0 Å². The van der Waals surface area contributed by atoms with Crippen molar-refractivity contribution in [2.45, 2.75) is 25.9 Å². The van der Waals surface area contributed by atoms with Crippen molar-refractivity contribution in [1.82, 2.24) is 0 Å². The fraction of sp³-hybridized carbons (Fsp3) is 0.263. The van der Waals surface area contributed by atoms with Gasteiger partial charge in [0.25, 0.3) is 0 Å². The molecule has 0 fully saturated rings. The normalized spacial score (nSPS) is 13.2. The van der Waals surface area contributed by atoms with E-state index in [-0.39, 0.29) is 17.8 Å². The van der Waals surface area contributed by atoms with Crippen molar-refractivity contribution < 1.29 is 9.53 Å². The number of esters is 1. The molecule has 0 unspecified atom stereocenters. The number of carbonyl (C=O) groups is 1. The van der Waals surface area contributed by atoms with Gasteiger partial charge in [0, 0.05) is 5.56 Å². The number of nitrogens with zero attached hydrogens (tertiary/aromatic N) is 1. The number of nitriles is 1. The molecule has 0 saturated heterocycles. The van der Waals surface area contributed by atoms with Gasteiger partial charge in [-0.05, 0) is 11.5 Å². The van der Waals surface area contributed by atoms with Crippen molar-refractivity contribution in [3.63, 3.8) is 0 Å². The van der Waals surface area contributed by atoms with Gasteiger partial charge < -0.3 is 4.74 Å². The average molecular weight is 293 g/mol. The maximum Gasteiger partial charge on any atom is 0.315 e. The summed E-state index contributed by atoms with van der Waals surface area (Å²) in [5, 5.41) is 9.29. The second-order valence-corrected chi connectivity index (χ2v) is 5.49. The van der Waals surface area contributed by atoms with Gasteiger partial charge in [-0.1, -0.05) is 74.5 Å². The summed E-state index contributed by atoms with van der Waals surface area (Å²) >= 11 is 0.